The van der Waals surface area contributed by atoms with Gasteiger partial charge in [-0.1, -0.05) is 17.7 Å². The van der Waals surface area contributed by atoms with Crippen molar-refractivity contribution < 1.29 is 41.0 Å². The molecule has 35 heavy (non-hydrogen) atoms. The molecule has 3 rings (SSSR count). The number of carboxylic acid groups (broad SMARTS) is 1. The third-order valence-electron chi connectivity index (χ3n) is 6.22. The molecular weight excluding hydrogens is 506 g/mol. The molecule has 0 spiro atoms. The summed E-state index contributed by atoms with van der Waals surface area (Å²) >= 11 is 6.15. The van der Waals surface area contributed by atoms with Gasteiger partial charge in [-0.15, -0.1) is 0 Å². The Labute approximate surface area is 202 Å². The Morgan fingerprint density at radius 1 is 1.11 bits per heavy atom. The maximum absolute atomic E-state index is 13.4. The molecule has 2 amide bonds. The molecule has 2 N–H and O–H groups in total. The smallest absolute Gasteiger partial charge is 0.407 e. The Balaban J connectivity index is 1.84. The van der Waals surface area contributed by atoms with Gasteiger partial charge in [-0.25, -0.2) is 4.79 Å². The van der Waals surface area contributed by atoms with Gasteiger partial charge >= 0.3 is 18.4 Å². The van der Waals surface area contributed by atoms with Gasteiger partial charge in [0.1, 0.15) is 0 Å². The molecule has 0 aromatic heterocycles. The molecule has 0 radical (unpaired) electrons. The van der Waals surface area contributed by atoms with Crippen LogP contribution in [0.4, 0.5) is 36.8 Å². The minimum Gasteiger partial charge on any atom is -0.465 e. The van der Waals surface area contributed by atoms with E-state index >= 15 is 0 Å². The molecule has 1 aromatic carbocycles. The van der Waals surface area contributed by atoms with E-state index < -0.39 is 43.5 Å². The molecule has 2 aliphatic heterocycles. The Morgan fingerprint density at radius 2 is 1.77 bits per heavy atom. The topological polar surface area (TPSA) is 76.1 Å². The second-order valence-electron chi connectivity index (χ2n) is 8.74. The number of amides is 2. The highest BCUT2D eigenvalue weighted by atomic mass is 35.5. The molecule has 2 atom stereocenters. The first-order chi connectivity index (χ1) is 16.2. The fourth-order valence-electron chi connectivity index (χ4n) is 4.75. The predicted octanol–water partition coefficient (Wildman–Crippen LogP) is 3.96. The van der Waals surface area contributed by atoms with Gasteiger partial charge in [0.05, 0.1) is 6.04 Å². The maximum atomic E-state index is 13.4. The van der Waals surface area contributed by atoms with Gasteiger partial charge in [-0.05, 0) is 24.1 Å². The molecule has 2 unspecified atom stereocenters. The molecule has 2 heterocycles. The van der Waals surface area contributed by atoms with E-state index in [1.54, 1.807) is 18.2 Å². The molecule has 0 bridgehead atoms. The number of anilines is 1. The van der Waals surface area contributed by atoms with Crippen LogP contribution >= 0.6 is 11.6 Å². The standard InChI is InChI=1S/C21H25ClF6N4O3/c1-12(33)29-15-4-5-31(10-15)16-8-14(22)3-2-13(16)9-30-6-7-32(19(34)35)17(11-30)18(20(23,24)25)21(26,27)28/h2-3,8,15,17-18H,4-7,9-11H2,1H3,(H,29,33)(H,34,35). The van der Waals surface area contributed by atoms with Crippen LogP contribution in [-0.2, 0) is 11.3 Å². The first kappa shape index (κ1) is 27.2. The minimum atomic E-state index is -5.67. The average molecular weight is 531 g/mol. The van der Waals surface area contributed by atoms with Crippen LogP contribution in [0.5, 0.6) is 0 Å². The van der Waals surface area contributed by atoms with Crippen molar-refractivity contribution in [3.8, 4) is 0 Å². The number of benzene rings is 1. The fraction of sp³-hybridized carbons (Fsp3) is 0.619. The van der Waals surface area contributed by atoms with Gasteiger partial charge in [0.2, 0.25) is 5.91 Å². The Bertz CT molecular complexity index is 931. The third-order valence-corrected chi connectivity index (χ3v) is 6.45. The number of alkyl halides is 6. The van der Waals surface area contributed by atoms with E-state index in [2.05, 4.69) is 5.32 Å². The summed E-state index contributed by atoms with van der Waals surface area (Å²) < 4.78 is 80.5. The number of piperazine rings is 1. The van der Waals surface area contributed by atoms with Crippen molar-refractivity contribution in [2.24, 2.45) is 5.92 Å². The summed E-state index contributed by atoms with van der Waals surface area (Å²) in [7, 11) is 0. The summed E-state index contributed by atoms with van der Waals surface area (Å²) in [5, 5.41) is 12.5. The Hall–Kier alpha value is -2.41. The van der Waals surface area contributed by atoms with Gasteiger partial charge in [0.25, 0.3) is 0 Å². The van der Waals surface area contributed by atoms with E-state index in [0.717, 1.165) is 0 Å². The highest BCUT2D eigenvalue weighted by Gasteiger charge is 2.62. The number of carbonyl (C=O) groups excluding carboxylic acids is 1. The van der Waals surface area contributed by atoms with Gasteiger partial charge in [-0.3, -0.25) is 9.69 Å². The third kappa shape index (κ3) is 6.63. The molecule has 196 valence electrons. The van der Waals surface area contributed by atoms with E-state index in [0.29, 0.717) is 35.8 Å². The fourth-order valence-corrected chi connectivity index (χ4v) is 4.91. The summed E-state index contributed by atoms with van der Waals surface area (Å²) in [6.45, 7) is 1.15. The van der Waals surface area contributed by atoms with Crippen LogP contribution in [-0.4, -0.2) is 84.1 Å². The zero-order valence-electron chi connectivity index (χ0n) is 18.7. The second kappa shape index (κ2) is 10.3. The number of nitrogens with one attached hydrogen (secondary N) is 1. The number of carbonyl (C=O) groups is 2. The number of hydrogen-bond donors (Lipinski definition) is 2. The highest BCUT2D eigenvalue weighted by molar-refractivity contribution is 6.30. The van der Waals surface area contributed by atoms with E-state index in [4.69, 9.17) is 11.6 Å². The molecule has 2 saturated heterocycles. The summed E-state index contributed by atoms with van der Waals surface area (Å²) in [5.74, 6) is -4.00. The first-order valence-corrected chi connectivity index (χ1v) is 11.2. The molecule has 2 aliphatic rings. The Kier molecular flexibility index (Phi) is 7.99. The zero-order valence-corrected chi connectivity index (χ0v) is 19.4. The number of hydrogen-bond acceptors (Lipinski definition) is 4. The molecule has 14 heteroatoms. The van der Waals surface area contributed by atoms with E-state index in [1.807, 2.05) is 4.90 Å². The van der Waals surface area contributed by atoms with Crippen molar-refractivity contribution in [1.29, 1.82) is 0 Å². The maximum Gasteiger partial charge on any atom is 0.407 e. The molecule has 2 fully saturated rings. The predicted molar refractivity (Wildman–Crippen MR) is 115 cm³/mol. The van der Waals surface area contributed by atoms with E-state index in [-0.39, 0.29) is 29.9 Å². The molecule has 0 saturated carbocycles. The normalized spacial score (nSPS) is 22.1. The number of rotatable bonds is 5. The monoisotopic (exact) mass is 530 g/mol. The quantitative estimate of drug-likeness (QED) is 0.564. The Morgan fingerprint density at radius 3 is 2.34 bits per heavy atom. The van der Waals surface area contributed by atoms with Crippen LogP contribution in [0.2, 0.25) is 5.02 Å². The summed E-state index contributed by atoms with van der Waals surface area (Å²) in [6.07, 6.45) is -12.5. The lowest BCUT2D eigenvalue weighted by Crippen LogP contribution is -2.62. The van der Waals surface area contributed by atoms with Crippen LogP contribution in [0.15, 0.2) is 18.2 Å². The lowest BCUT2D eigenvalue weighted by atomic mass is 9.94. The molecule has 7 nitrogen and oxygen atoms in total. The van der Waals surface area contributed by atoms with Crippen LogP contribution in [0, 0.1) is 5.92 Å². The van der Waals surface area contributed by atoms with E-state index in [9.17, 15) is 41.0 Å². The largest absolute Gasteiger partial charge is 0.465 e. The lowest BCUT2D eigenvalue weighted by Gasteiger charge is -2.44. The highest BCUT2D eigenvalue weighted by Crippen LogP contribution is 2.44. The van der Waals surface area contributed by atoms with Crippen LogP contribution < -0.4 is 10.2 Å². The van der Waals surface area contributed by atoms with Crippen LogP contribution in [0.1, 0.15) is 18.9 Å². The first-order valence-electron chi connectivity index (χ1n) is 10.8. The summed E-state index contributed by atoms with van der Waals surface area (Å²) in [6, 6.07) is 2.43. The lowest BCUT2D eigenvalue weighted by molar-refractivity contribution is -0.300. The van der Waals surface area contributed by atoms with E-state index in [1.165, 1.54) is 11.8 Å². The van der Waals surface area contributed by atoms with Gasteiger partial charge in [0, 0.05) is 62.9 Å². The minimum absolute atomic E-state index is 0.000198. The second-order valence-corrected chi connectivity index (χ2v) is 9.18. The van der Waals surface area contributed by atoms with Crippen molar-refractivity contribution in [3.05, 3.63) is 28.8 Å². The summed E-state index contributed by atoms with van der Waals surface area (Å²) in [5.41, 5.74) is 1.28. The van der Waals surface area contributed by atoms with Gasteiger partial charge in [-0.2, -0.15) is 26.3 Å². The van der Waals surface area contributed by atoms with Crippen molar-refractivity contribution in [2.75, 3.05) is 37.6 Å². The van der Waals surface area contributed by atoms with Gasteiger partial charge < -0.3 is 20.2 Å². The van der Waals surface area contributed by atoms with Crippen molar-refractivity contribution in [1.82, 2.24) is 15.1 Å². The van der Waals surface area contributed by atoms with Crippen molar-refractivity contribution >= 4 is 29.3 Å². The van der Waals surface area contributed by atoms with Crippen molar-refractivity contribution in [3.63, 3.8) is 0 Å². The van der Waals surface area contributed by atoms with Crippen LogP contribution in [0.3, 0.4) is 0 Å². The molecule has 1 aromatic rings. The average Bonchev–Trinajstić information content (AvgIpc) is 3.14. The number of nitrogens with zero attached hydrogens (tertiary/aromatic N) is 3. The van der Waals surface area contributed by atoms with Gasteiger partial charge in [0.15, 0.2) is 5.92 Å². The number of halogens is 7. The summed E-state index contributed by atoms with van der Waals surface area (Å²) in [4.78, 5) is 26.4. The molecule has 0 aliphatic carbocycles. The zero-order chi connectivity index (χ0) is 26.1. The SMILES string of the molecule is CC(=O)NC1CCN(c2cc(Cl)ccc2CN2CCN(C(=O)O)C(C(C(F)(F)F)C(F)(F)F)C2)C1. The van der Waals surface area contributed by atoms with Crippen LogP contribution in [0.25, 0.3) is 0 Å². The molecular formula is C21H25ClF6N4O3. The van der Waals surface area contributed by atoms with Crippen molar-refractivity contribution in [2.45, 2.75) is 44.3 Å².